The minimum absolute atomic E-state index is 0.110. The molecule has 0 saturated carbocycles. The van der Waals surface area contributed by atoms with Crippen molar-refractivity contribution in [1.82, 2.24) is 5.16 Å². The number of anilines is 1. The van der Waals surface area contributed by atoms with Crippen LogP contribution in [0.3, 0.4) is 0 Å². The lowest BCUT2D eigenvalue weighted by Crippen LogP contribution is -2.35. The molecule has 1 aromatic carbocycles. The molecule has 0 aliphatic rings. The standard InChI is InChI=1S/C17H25BrN2O4SSi/c1-13-14(2)24-19-17(13)20(12-23-10-11-26(3,4)5)25(21,22)16-9-7-6-8-15(16)18/h6-9H,10-12H2,1-5H3. The van der Waals surface area contributed by atoms with E-state index < -0.39 is 18.1 Å². The molecule has 1 heterocycles. The van der Waals surface area contributed by atoms with Gasteiger partial charge >= 0.3 is 0 Å². The van der Waals surface area contributed by atoms with Gasteiger partial charge in [0.15, 0.2) is 5.82 Å². The van der Waals surface area contributed by atoms with E-state index in [1.165, 1.54) is 4.31 Å². The van der Waals surface area contributed by atoms with Crippen molar-refractivity contribution in [2.45, 2.75) is 44.4 Å². The number of benzene rings is 1. The maximum atomic E-state index is 13.2. The Balaban J connectivity index is 2.35. The average molecular weight is 461 g/mol. The first-order valence-electron chi connectivity index (χ1n) is 8.32. The van der Waals surface area contributed by atoms with Crippen LogP contribution >= 0.6 is 15.9 Å². The first-order chi connectivity index (χ1) is 12.0. The fraction of sp³-hybridized carbons (Fsp3) is 0.471. The molecule has 0 spiro atoms. The number of halogens is 1. The highest BCUT2D eigenvalue weighted by atomic mass is 79.9. The number of nitrogens with zero attached hydrogens (tertiary/aromatic N) is 2. The van der Waals surface area contributed by atoms with Gasteiger partial charge in [-0.1, -0.05) is 36.9 Å². The molecular formula is C17H25BrN2O4SSi. The highest BCUT2D eigenvalue weighted by Gasteiger charge is 2.31. The molecule has 0 radical (unpaired) electrons. The molecule has 2 rings (SSSR count). The predicted molar refractivity (Wildman–Crippen MR) is 109 cm³/mol. The highest BCUT2D eigenvalue weighted by molar-refractivity contribution is 9.10. The van der Waals surface area contributed by atoms with Crippen LogP contribution in [0.5, 0.6) is 0 Å². The summed E-state index contributed by atoms with van der Waals surface area (Å²) in [5.74, 6) is 0.834. The van der Waals surface area contributed by atoms with Crippen LogP contribution in [0, 0.1) is 13.8 Å². The van der Waals surface area contributed by atoms with E-state index in [0.717, 1.165) is 6.04 Å². The van der Waals surface area contributed by atoms with Crippen LogP contribution in [0.25, 0.3) is 0 Å². The fourth-order valence-electron chi connectivity index (χ4n) is 2.18. The molecule has 0 bridgehead atoms. The molecule has 0 fully saturated rings. The SMILES string of the molecule is Cc1onc(N(COCC[Si](C)(C)C)S(=O)(=O)c2ccccc2Br)c1C. The molecule has 0 atom stereocenters. The molecule has 0 N–H and O–H groups in total. The second kappa shape index (κ2) is 8.24. The third-order valence-electron chi connectivity index (χ3n) is 3.98. The van der Waals surface area contributed by atoms with E-state index in [2.05, 4.69) is 40.7 Å². The van der Waals surface area contributed by atoms with Gasteiger partial charge in [0.2, 0.25) is 0 Å². The van der Waals surface area contributed by atoms with Crippen molar-refractivity contribution in [3.05, 3.63) is 40.1 Å². The monoisotopic (exact) mass is 460 g/mol. The molecular weight excluding hydrogens is 436 g/mol. The maximum Gasteiger partial charge on any atom is 0.268 e. The van der Waals surface area contributed by atoms with Crippen LogP contribution in [0.2, 0.25) is 25.7 Å². The zero-order valence-corrected chi connectivity index (χ0v) is 19.1. The van der Waals surface area contributed by atoms with Crippen molar-refractivity contribution >= 4 is 39.8 Å². The highest BCUT2D eigenvalue weighted by Crippen LogP contribution is 2.30. The molecule has 0 amide bonds. The summed E-state index contributed by atoms with van der Waals surface area (Å²) in [6.45, 7) is 10.7. The van der Waals surface area contributed by atoms with Gasteiger partial charge < -0.3 is 9.26 Å². The lowest BCUT2D eigenvalue weighted by molar-refractivity contribution is 0.155. The molecule has 0 unspecified atom stereocenters. The summed E-state index contributed by atoms with van der Waals surface area (Å²) in [5.41, 5.74) is 0.675. The Labute approximate surface area is 164 Å². The van der Waals surface area contributed by atoms with E-state index in [1.807, 2.05) is 0 Å². The quantitative estimate of drug-likeness (QED) is 0.327. The van der Waals surface area contributed by atoms with Crippen LogP contribution in [-0.2, 0) is 14.8 Å². The van der Waals surface area contributed by atoms with Gasteiger partial charge in [0.05, 0.1) is 0 Å². The molecule has 0 aliphatic carbocycles. The fourth-order valence-corrected chi connectivity index (χ4v) is 5.25. The Kier molecular flexibility index (Phi) is 6.70. The molecule has 0 aliphatic heterocycles. The summed E-state index contributed by atoms with van der Waals surface area (Å²) in [6, 6.07) is 7.65. The van der Waals surface area contributed by atoms with Crippen LogP contribution in [0.15, 0.2) is 38.2 Å². The molecule has 0 saturated heterocycles. The van der Waals surface area contributed by atoms with Crippen LogP contribution < -0.4 is 4.31 Å². The number of sulfonamides is 1. The van der Waals surface area contributed by atoms with Gasteiger partial charge in [0.25, 0.3) is 10.0 Å². The molecule has 1 aromatic heterocycles. The molecule has 6 nitrogen and oxygen atoms in total. The van der Waals surface area contributed by atoms with Crippen LogP contribution in [0.1, 0.15) is 11.3 Å². The van der Waals surface area contributed by atoms with Crippen molar-refractivity contribution in [2.75, 3.05) is 17.6 Å². The topological polar surface area (TPSA) is 72.6 Å². The molecule has 26 heavy (non-hydrogen) atoms. The number of hydrogen-bond acceptors (Lipinski definition) is 5. The zero-order valence-electron chi connectivity index (χ0n) is 15.7. The van der Waals surface area contributed by atoms with Gasteiger partial charge in [0.1, 0.15) is 17.4 Å². The summed E-state index contributed by atoms with van der Waals surface area (Å²) in [5, 5.41) is 3.95. The maximum absolute atomic E-state index is 13.2. The summed E-state index contributed by atoms with van der Waals surface area (Å²) in [7, 11) is -5.13. The summed E-state index contributed by atoms with van der Waals surface area (Å²) >= 11 is 3.32. The number of rotatable bonds is 8. The van der Waals surface area contributed by atoms with Crippen molar-refractivity contribution in [2.24, 2.45) is 0 Å². The van der Waals surface area contributed by atoms with E-state index in [0.29, 0.717) is 22.4 Å². The Morgan fingerprint density at radius 1 is 1.23 bits per heavy atom. The number of aryl methyl sites for hydroxylation is 1. The van der Waals surface area contributed by atoms with Crippen molar-refractivity contribution in [1.29, 1.82) is 0 Å². The van der Waals surface area contributed by atoms with Gasteiger partial charge in [-0.05, 0) is 48.0 Å². The Bertz CT molecular complexity index is 862. The van der Waals surface area contributed by atoms with Gasteiger partial charge in [0, 0.05) is 24.7 Å². The van der Waals surface area contributed by atoms with E-state index in [9.17, 15) is 8.42 Å². The van der Waals surface area contributed by atoms with Gasteiger partial charge in [-0.3, -0.25) is 0 Å². The first kappa shape index (κ1) is 21.1. The van der Waals surface area contributed by atoms with Crippen molar-refractivity contribution < 1.29 is 17.7 Å². The molecule has 144 valence electrons. The summed E-state index contributed by atoms with van der Waals surface area (Å²) < 4.78 is 39.1. The van der Waals surface area contributed by atoms with Crippen LogP contribution in [0.4, 0.5) is 5.82 Å². The van der Waals surface area contributed by atoms with E-state index in [-0.39, 0.29) is 17.4 Å². The summed E-state index contributed by atoms with van der Waals surface area (Å²) in [6.07, 6.45) is 0. The lowest BCUT2D eigenvalue weighted by Gasteiger charge is -2.24. The zero-order chi connectivity index (χ0) is 19.5. The minimum atomic E-state index is -3.86. The third kappa shape index (κ3) is 4.96. The minimum Gasteiger partial charge on any atom is -0.360 e. The second-order valence-electron chi connectivity index (χ2n) is 7.32. The summed E-state index contributed by atoms with van der Waals surface area (Å²) in [4.78, 5) is 0.161. The van der Waals surface area contributed by atoms with Crippen molar-refractivity contribution in [3.8, 4) is 0 Å². The van der Waals surface area contributed by atoms with Gasteiger partial charge in [-0.25, -0.2) is 12.7 Å². The van der Waals surface area contributed by atoms with Gasteiger partial charge in [-0.15, -0.1) is 0 Å². The van der Waals surface area contributed by atoms with Crippen molar-refractivity contribution in [3.63, 3.8) is 0 Å². The average Bonchev–Trinajstić information content (AvgIpc) is 2.86. The third-order valence-corrected chi connectivity index (χ3v) is 8.41. The lowest BCUT2D eigenvalue weighted by atomic mass is 10.3. The predicted octanol–water partition coefficient (Wildman–Crippen LogP) is 4.56. The largest absolute Gasteiger partial charge is 0.360 e. The van der Waals surface area contributed by atoms with E-state index in [1.54, 1.807) is 38.1 Å². The van der Waals surface area contributed by atoms with E-state index >= 15 is 0 Å². The normalized spacial score (nSPS) is 12.4. The van der Waals surface area contributed by atoms with Gasteiger partial charge in [-0.2, -0.15) is 0 Å². The first-order valence-corrected chi connectivity index (χ1v) is 14.3. The Morgan fingerprint density at radius 2 is 1.88 bits per heavy atom. The van der Waals surface area contributed by atoms with Crippen LogP contribution in [-0.4, -0.2) is 35.0 Å². The Morgan fingerprint density at radius 3 is 2.42 bits per heavy atom. The smallest absolute Gasteiger partial charge is 0.268 e. The Hall–Kier alpha value is -1.16. The number of hydrogen-bond donors (Lipinski definition) is 0. The van der Waals surface area contributed by atoms with E-state index in [4.69, 9.17) is 9.26 Å². The molecule has 2 aromatic rings. The number of aromatic nitrogens is 1. The molecule has 9 heteroatoms. The second-order valence-corrected chi connectivity index (χ2v) is 15.6. The number of ether oxygens (including phenoxy) is 1.